The molecule has 0 spiro atoms. The second-order valence-corrected chi connectivity index (χ2v) is 16.5. The van der Waals surface area contributed by atoms with Gasteiger partial charge < -0.3 is 14.7 Å². The number of carbonyl (C=O) groups excluding carboxylic acids is 2. The van der Waals surface area contributed by atoms with Gasteiger partial charge in [0, 0.05) is 46.1 Å². The first-order valence-electron chi connectivity index (χ1n) is 12.5. The van der Waals surface area contributed by atoms with Crippen molar-refractivity contribution in [3.63, 3.8) is 0 Å². The molecule has 0 radical (unpaired) electrons. The highest BCUT2D eigenvalue weighted by Gasteiger charge is 2.38. The summed E-state index contributed by atoms with van der Waals surface area (Å²) in [4.78, 5) is 40.5. The van der Waals surface area contributed by atoms with Gasteiger partial charge in [-0.2, -0.15) is 18.3 Å². The summed E-state index contributed by atoms with van der Waals surface area (Å²) in [5.74, 6) is -0.441. The number of anilines is 1. The van der Waals surface area contributed by atoms with Crippen LogP contribution in [-0.2, 0) is 15.7 Å². The van der Waals surface area contributed by atoms with Crippen LogP contribution in [0.1, 0.15) is 30.9 Å². The van der Waals surface area contributed by atoms with E-state index in [1.165, 1.54) is 20.7 Å². The fraction of sp³-hybridized carbons (Fsp3) is 0.583. The largest absolute Gasteiger partial charge is 0.465 e. The molecule has 2 aliphatic heterocycles. The van der Waals surface area contributed by atoms with Crippen molar-refractivity contribution in [3.05, 3.63) is 23.9 Å². The van der Waals surface area contributed by atoms with E-state index < -0.39 is 37.8 Å². The fourth-order valence-electron chi connectivity index (χ4n) is 4.68. The first kappa shape index (κ1) is 27.9. The number of urea groups is 1. The number of nitrogens with zero attached hydrogens (tertiary/aromatic N) is 5. The van der Waals surface area contributed by atoms with Crippen molar-refractivity contribution in [2.45, 2.75) is 57.2 Å². The van der Waals surface area contributed by atoms with Gasteiger partial charge in [-0.3, -0.25) is 14.4 Å². The number of aromatic nitrogens is 2. The molecule has 4 rings (SSSR count). The third-order valence-electron chi connectivity index (χ3n) is 6.92. The van der Waals surface area contributed by atoms with Crippen LogP contribution in [0, 0.1) is 0 Å². The van der Waals surface area contributed by atoms with Crippen molar-refractivity contribution in [2.75, 3.05) is 37.9 Å². The Labute approximate surface area is 218 Å². The molecule has 0 atom stereocenters. The molecule has 2 fully saturated rings. The van der Waals surface area contributed by atoms with Gasteiger partial charge in [-0.05, 0) is 31.0 Å². The van der Waals surface area contributed by atoms with Gasteiger partial charge in [0.2, 0.25) is 5.91 Å². The maximum absolute atomic E-state index is 13.9. The van der Waals surface area contributed by atoms with Gasteiger partial charge in [0.05, 0.1) is 29.0 Å². The minimum Gasteiger partial charge on any atom is -0.465 e. The standard InChI is InChI=1S/C24H32F3N5O5Si/c1-38(2,3)11-10-37-15-31-21(33)6-9-30(22(31)34)19-12-16(24(25,26)27)13-20-18(19)14-28-32(20)17-4-7-29(8-5-17)23(35)36/h12-14,17H,4-11,15H2,1-3H3,(H,35,36). The molecule has 1 N–H and O–H groups in total. The number of imide groups is 1. The molecule has 1 aromatic heterocycles. The van der Waals surface area contributed by atoms with Crippen LogP contribution in [0.25, 0.3) is 10.9 Å². The number of rotatable bonds is 7. The van der Waals surface area contributed by atoms with Gasteiger partial charge in [-0.25, -0.2) is 14.5 Å². The molecule has 0 aliphatic carbocycles. The van der Waals surface area contributed by atoms with E-state index in [9.17, 15) is 32.7 Å². The van der Waals surface area contributed by atoms with E-state index in [1.807, 2.05) is 0 Å². The maximum atomic E-state index is 13.9. The molecule has 1 aromatic carbocycles. The summed E-state index contributed by atoms with van der Waals surface area (Å²) in [5.41, 5.74) is -0.716. The Hall–Kier alpha value is -3.13. The van der Waals surface area contributed by atoms with E-state index >= 15 is 0 Å². The van der Waals surface area contributed by atoms with Crippen LogP contribution >= 0.6 is 0 Å². The number of fused-ring (bicyclic) bond motifs is 1. The average molecular weight is 556 g/mol. The third kappa shape index (κ3) is 5.95. The number of ether oxygens (including phenoxy) is 1. The van der Waals surface area contributed by atoms with Gasteiger partial charge in [-0.15, -0.1) is 0 Å². The quantitative estimate of drug-likeness (QED) is 0.387. The van der Waals surface area contributed by atoms with Crippen molar-refractivity contribution in [2.24, 2.45) is 0 Å². The highest BCUT2D eigenvalue weighted by molar-refractivity contribution is 6.76. The zero-order valence-corrected chi connectivity index (χ0v) is 22.6. The maximum Gasteiger partial charge on any atom is 0.416 e. The Morgan fingerprint density at radius 2 is 1.84 bits per heavy atom. The summed E-state index contributed by atoms with van der Waals surface area (Å²) in [7, 11) is -1.39. The van der Waals surface area contributed by atoms with E-state index in [2.05, 4.69) is 24.7 Å². The minimum atomic E-state index is -4.68. The molecule has 14 heteroatoms. The Morgan fingerprint density at radius 1 is 1.16 bits per heavy atom. The topological polar surface area (TPSA) is 108 Å². The van der Waals surface area contributed by atoms with Crippen LogP contribution in [0.15, 0.2) is 18.3 Å². The molecule has 0 bridgehead atoms. The lowest BCUT2D eigenvalue weighted by molar-refractivity contribution is -0.137. The number of alkyl halides is 3. The van der Waals surface area contributed by atoms with Gasteiger partial charge >= 0.3 is 18.3 Å². The summed E-state index contributed by atoms with van der Waals surface area (Å²) in [6, 6.07) is 1.73. The lowest BCUT2D eigenvalue weighted by atomic mass is 10.0. The number of piperidine rings is 1. The monoisotopic (exact) mass is 555 g/mol. The molecular formula is C24H32F3N5O5Si. The number of hydrogen-bond acceptors (Lipinski definition) is 5. The predicted molar refractivity (Wildman–Crippen MR) is 136 cm³/mol. The first-order valence-corrected chi connectivity index (χ1v) is 16.2. The summed E-state index contributed by atoms with van der Waals surface area (Å²) in [6.45, 7) is 7.05. The smallest absolute Gasteiger partial charge is 0.416 e. The summed E-state index contributed by atoms with van der Waals surface area (Å²) < 4.78 is 48.9. The minimum absolute atomic E-state index is 0.0219. The molecule has 3 heterocycles. The lowest BCUT2D eigenvalue weighted by Gasteiger charge is -2.34. The molecule has 38 heavy (non-hydrogen) atoms. The SMILES string of the molecule is C[Si](C)(C)CCOCN1C(=O)CCN(c2cc(C(F)(F)F)cc3c2cnn3C2CCN(C(=O)O)CC2)C1=O. The molecule has 2 aromatic rings. The Morgan fingerprint density at radius 3 is 2.45 bits per heavy atom. The predicted octanol–water partition coefficient (Wildman–Crippen LogP) is 4.84. The molecule has 4 amide bonds. The van der Waals surface area contributed by atoms with Gasteiger partial charge in [0.1, 0.15) is 6.73 Å². The van der Waals surface area contributed by atoms with Crippen LogP contribution in [0.5, 0.6) is 0 Å². The average Bonchev–Trinajstić information content (AvgIpc) is 3.26. The molecule has 2 aliphatic rings. The summed E-state index contributed by atoms with van der Waals surface area (Å²) in [5, 5.41) is 13.9. The zero-order valence-electron chi connectivity index (χ0n) is 21.6. The van der Waals surface area contributed by atoms with Crippen molar-refractivity contribution in [1.82, 2.24) is 19.6 Å². The van der Waals surface area contributed by atoms with Crippen molar-refractivity contribution in [3.8, 4) is 0 Å². The highest BCUT2D eigenvalue weighted by atomic mass is 28.3. The number of carboxylic acid groups (broad SMARTS) is 1. The van der Waals surface area contributed by atoms with Crippen molar-refractivity contribution < 1.29 is 37.4 Å². The second kappa shape index (κ2) is 10.6. The van der Waals surface area contributed by atoms with Crippen LogP contribution in [0.3, 0.4) is 0 Å². The Bertz CT molecular complexity index is 1220. The van der Waals surface area contributed by atoms with E-state index in [0.29, 0.717) is 24.8 Å². The van der Waals surface area contributed by atoms with Gasteiger partial charge in [0.15, 0.2) is 0 Å². The number of hydrogen-bond donors (Lipinski definition) is 1. The number of likely N-dealkylation sites (tertiary alicyclic amines) is 1. The van der Waals surface area contributed by atoms with Crippen LogP contribution in [0.2, 0.25) is 25.7 Å². The van der Waals surface area contributed by atoms with E-state index in [-0.39, 0.29) is 50.0 Å². The lowest BCUT2D eigenvalue weighted by Crippen LogP contribution is -2.53. The number of carbonyl (C=O) groups is 3. The molecule has 0 saturated carbocycles. The summed E-state index contributed by atoms with van der Waals surface area (Å²) >= 11 is 0. The normalized spacial score (nSPS) is 18.1. The third-order valence-corrected chi connectivity index (χ3v) is 8.63. The molecule has 2 saturated heterocycles. The van der Waals surface area contributed by atoms with E-state index in [4.69, 9.17) is 4.74 Å². The Kier molecular flexibility index (Phi) is 7.75. The number of halogens is 3. The van der Waals surface area contributed by atoms with E-state index in [0.717, 1.165) is 23.1 Å². The number of benzene rings is 1. The molecular weight excluding hydrogens is 523 g/mol. The van der Waals surface area contributed by atoms with Gasteiger partial charge in [-0.1, -0.05) is 19.6 Å². The second-order valence-electron chi connectivity index (χ2n) is 10.9. The first-order chi connectivity index (χ1) is 17.8. The van der Waals surface area contributed by atoms with Crippen LogP contribution in [0.4, 0.5) is 28.4 Å². The Balaban J connectivity index is 1.64. The zero-order chi connectivity index (χ0) is 27.8. The van der Waals surface area contributed by atoms with Crippen LogP contribution in [-0.4, -0.2) is 83.8 Å². The van der Waals surface area contributed by atoms with E-state index in [1.54, 1.807) is 0 Å². The van der Waals surface area contributed by atoms with Crippen LogP contribution < -0.4 is 4.90 Å². The molecule has 0 unspecified atom stereocenters. The number of amides is 4. The van der Waals surface area contributed by atoms with Crippen molar-refractivity contribution in [1.29, 1.82) is 0 Å². The molecule has 10 nitrogen and oxygen atoms in total. The highest BCUT2D eigenvalue weighted by Crippen LogP contribution is 2.39. The summed E-state index contributed by atoms with van der Waals surface area (Å²) in [6.07, 6.45) is -3.56. The molecule has 208 valence electrons. The van der Waals surface area contributed by atoms with Crippen molar-refractivity contribution >= 4 is 42.7 Å². The fourth-order valence-corrected chi connectivity index (χ4v) is 5.44. The van der Waals surface area contributed by atoms with Gasteiger partial charge in [0.25, 0.3) is 0 Å².